The third-order valence-corrected chi connectivity index (χ3v) is 3.15. The van der Waals surface area contributed by atoms with Crippen LogP contribution in [0.5, 0.6) is 0 Å². The summed E-state index contributed by atoms with van der Waals surface area (Å²) in [6, 6.07) is 0. The van der Waals surface area contributed by atoms with Crippen LogP contribution in [0.1, 0.15) is 25.7 Å². The van der Waals surface area contributed by atoms with Crippen molar-refractivity contribution in [1.29, 1.82) is 0 Å². The van der Waals surface area contributed by atoms with E-state index in [9.17, 15) is 4.79 Å². The van der Waals surface area contributed by atoms with E-state index in [-0.39, 0.29) is 18.6 Å². The number of hydrogen-bond donors (Lipinski definition) is 1. The minimum Gasteiger partial charge on any atom is -0.367 e. The molecule has 2 heterocycles. The summed E-state index contributed by atoms with van der Waals surface area (Å²) in [6.45, 7) is 4.09. The highest BCUT2D eigenvalue weighted by atomic mass is 16.5. The minimum atomic E-state index is 0.165. The highest BCUT2D eigenvalue weighted by Gasteiger charge is 2.20. The Morgan fingerprint density at radius 3 is 2.80 bits per heavy atom. The molecule has 15 heavy (non-hydrogen) atoms. The van der Waals surface area contributed by atoms with Crippen molar-refractivity contribution in [2.45, 2.75) is 31.8 Å². The largest absolute Gasteiger partial charge is 0.367 e. The molecule has 1 N–H and O–H groups in total. The SMILES string of the molecule is O=C(CO[C@H]1CCCNC1)N1CCCC1. The van der Waals surface area contributed by atoms with Gasteiger partial charge in [0.05, 0.1) is 6.10 Å². The zero-order chi connectivity index (χ0) is 10.5. The summed E-state index contributed by atoms with van der Waals surface area (Å²) in [7, 11) is 0. The Kier molecular flexibility index (Phi) is 3.97. The van der Waals surface area contributed by atoms with Gasteiger partial charge in [0.1, 0.15) is 6.61 Å². The van der Waals surface area contributed by atoms with Crippen LogP contribution < -0.4 is 5.32 Å². The summed E-state index contributed by atoms with van der Waals surface area (Å²) in [4.78, 5) is 13.6. The second-order valence-electron chi connectivity index (χ2n) is 4.37. The first-order valence-corrected chi connectivity index (χ1v) is 5.96. The first-order chi connectivity index (χ1) is 7.36. The lowest BCUT2D eigenvalue weighted by Gasteiger charge is -2.24. The van der Waals surface area contributed by atoms with Gasteiger partial charge in [-0.1, -0.05) is 0 Å². The lowest BCUT2D eigenvalue weighted by molar-refractivity contribution is -0.137. The first kappa shape index (κ1) is 10.9. The Morgan fingerprint density at radius 1 is 1.33 bits per heavy atom. The number of piperidine rings is 1. The molecule has 0 bridgehead atoms. The van der Waals surface area contributed by atoms with Gasteiger partial charge in [-0.3, -0.25) is 4.79 Å². The molecule has 2 aliphatic rings. The summed E-state index contributed by atoms with van der Waals surface area (Å²) in [5.74, 6) is 0.165. The van der Waals surface area contributed by atoms with Gasteiger partial charge < -0.3 is 15.0 Å². The number of rotatable bonds is 3. The second kappa shape index (κ2) is 5.47. The fourth-order valence-corrected chi connectivity index (χ4v) is 2.21. The summed E-state index contributed by atoms with van der Waals surface area (Å²) in [5, 5.41) is 3.28. The van der Waals surface area contributed by atoms with Gasteiger partial charge in [0, 0.05) is 19.6 Å². The predicted molar refractivity (Wildman–Crippen MR) is 57.7 cm³/mol. The Hall–Kier alpha value is -0.610. The summed E-state index contributed by atoms with van der Waals surface area (Å²) in [5.41, 5.74) is 0. The third kappa shape index (κ3) is 3.18. The fourth-order valence-electron chi connectivity index (χ4n) is 2.21. The molecule has 1 amide bonds. The normalized spacial score (nSPS) is 26.9. The maximum absolute atomic E-state index is 11.7. The molecule has 2 fully saturated rings. The molecule has 2 saturated heterocycles. The number of ether oxygens (including phenoxy) is 1. The van der Waals surface area contributed by atoms with Gasteiger partial charge in [0.2, 0.25) is 5.91 Å². The number of carbonyl (C=O) groups is 1. The molecule has 4 heteroatoms. The number of nitrogens with zero attached hydrogens (tertiary/aromatic N) is 1. The molecular formula is C11H20N2O2. The first-order valence-electron chi connectivity index (χ1n) is 5.96. The van der Waals surface area contributed by atoms with Crippen LogP contribution in [-0.4, -0.2) is 49.7 Å². The smallest absolute Gasteiger partial charge is 0.248 e. The Labute approximate surface area is 91.0 Å². The molecule has 4 nitrogen and oxygen atoms in total. The van der Waals surface area contributed by atoms with Crippen molar-refractivity contribution in [3.05, 3.63) is 0 Å². The molecule has 0 spiro atoms. The van der Waals surface area contributed by atoms with Gasteiger partial charge in [0.25, 0.3) is 0 Å². The molecule has 0 unspecified atom stereocenters. The van der Waals surface area contributed by atoms with Crippen LogP contribution in [0.4, 0.5) is 0 Å². The van der Waals surface area contributed by atoms with E-state index in [4.69, 9.17) is 4.74 Å². The molecule has 0 aromatic carbocycles. The van der Waals surface area contributed by atoms with Crippen LogP contribution in [0, 0.1) is 0 Å². The van der Waals surface area contributed by atoms with E-state index >= 15 is 0 Å². The number of hydrogen-bond acceptors (Lipinski definition) is 3. The molecule has 0 radical (unpaired) electrons. The lowest BCUT2D eigenvalue weighted by atomic mass is 10.1. The van der Waals surface area contributed by atoms with E-state index in [0.717, 1.165) is 51.9 Å². The van der Waals surface area contributed by atoms with Gasteiger partial charge in [-0.05, 0) is 32.2 Å². The molecule has 0 aliphatic carbocycles. The zero-order valence-corrected chi connectivity index (χ0v) is 9.21. The van der Waals surface area contributed by atoms with E-state index in [1.165, 1.54) is 0 Å². The molecule has 2 rings (SSSR count). The van der Waals surface area contributed by atoms with Gasteiger partial charge in [0.15, 0.2) is 0 Å². The zero-order valence-electron chi connectivity index (χ0n) is 9.21. The molecule has 0 aromatic heterocycles. The second-order valence-corrected chi connectivity index (χ2v) is 4.37. The van der Waals surface area contributed by atoms with Crippen LogP contribution in [0.2, 0.25) is 0 Å². The van der Waals surface area contributed by atoms with Crippen molar-refractivity contribution in [2.75, 3.05) is 32.8 Å². The van der Waals surface area contributed by atoms with Crippen LogP contribution in [0.3, 0.4) is 0 Å². The van der Waals surface area contributed by atoms with Crippen molar-refractivity contribution >= 4 is 5.91 Å². The van der Waals surface area contributed by atoms with Crippen LogP contribution in [0.25, 0.3) is 0 Å². The van der Waals surface area contributed by atoms with Gasteiger partial charge in [-0.15, -0.1) is 0 Å². The van der Waals surface area contributed by atoms with E-state index in [0.29, 0.717) is 0 Å². The summed E-state index contributed by atoms with van der Waals surface area (Å²) in [6.07, 6.45) is 4.78. The quantitative estimate of drug-likeness (QED) is 0.735. The standard InChI is InChI=1S/C11H20N2O2/c14-11(13-6-1-2-7-13)9-15-10-4-3-5-12-8-10/h10,12H,1-9H2/t10-/m0/s1. The predicted octanol–water partition coefficient (Wildman–Crippen LogP) is 0.377. The Balaban J connectivity index is 1.65. The van der Waals surface area contributed by atoms with Crippen LogP contribution in [0.15, 0.2) is 0 Å². The number of likely N-dealkylation sites (tertiary alicyclic amines) is 1. The van der Waals surface area contributed by atoms with Crippen LogP contribution in [-0.2, 0) is 9.53 Å². The van der Waals surface area contributed by atoms with Crippen molar-refractivity contribution in [2.24, 2.45) is 0 Å². The van der Waals surface area contributed by atoms with Crippen molar-refractivity contribution in [3.63, 3.8) is 0 Å². The van der Waals surface area contributed by atoms with Crippen molar-refractivity contribution in [3.8, 4) is 0 Å². The number of nitrogens with one attached hydrogen (secondary N) is 1. The van der Waals surface area contributed by atoms with E-state index in [1.54, 1.807) is 0 Å². The summed E-state index contributed by atoms with van der Waals surface area (Å²) < 4.78 is 5.60. The average Bonchev–Trinajstić information content (AvgIpc) is 2.81. The van der Waals surface area contributed by atoms with Gasteiger partial charge in [-0.25, -0.2) is 0 Å². The van der Waals surface area contributed by atoms with E-state index in [1.807, 2.05) is 4.90 Å². The molecule has 86 valence electrons. The summed E-state index contributed by atoms with van der Waals surface area (Å²) >= 11 is 0. The lowest BCUT2D eigenvalue weighted by Crippen LogP contribution is -2.38. The highest BCUT2D eigenvalue weighted by molar-refractivity contribution is 5.77. The monoisotopic (exact) mass is 212 g/mol. The molecule has 0 aromatic rings. The number of carbonyl (C=O) groups excluding carboxylic acids is 1. The van der Waals surface area contributed by atoms with Crippen molar-refractivity contribution < 1.29 is 9.53 Å². The minimum absolute atomic E-state index is 0.165. The maximum Gasteiger partial charge on any atom is 0.248 e. The van der Waals surface area contributed by atoms with Crippen molar-refractivity contribution in [1.82, 2.24) is 10.2 Å². The van der Waals surface area contributed by atoms with Crippen LogP contribution >= 0.6 is 0 Å². The average molecular weight is 212 g/mol. The van der Waals surface area contributed by atoms with E-state index < -0.39 is 0 Å². The molecule has 1 atom stereocenters. The van der Waals surface area contributed by atoms with Gasteiger partial charge in [-0.2, -0.15) is 0 Å². The molecular weight excluding hydrogens is 192 g/mol. The number of amides is 1. The third-order valence-electron chi connectivity index (χ3n) is 3.15. The highest BCUT2D eigenvalue weighted by Crippen LogP contribution is 2.09. The Bertz CT molecular complexity index is 209. The van der Waals surface area contributed by atoms with E-state index in [2.05, 4.69) is 5.32 Å². The Morgan fingerprint density at radius 2 is 2.13 bits per heavy atom. The maximum atomic E-state index is 11.7. The molecule has 2 aliphatic heterocycles. The topological polar surface area (TPSA) is 41.6 Å². The fraction of sp³-hybridized carbons (Fsp3) is 0.909. The van der Waals surface area contributed by atoms with Gasteiger partial charge >= 0.3 is 0 Å². The molecule has 0 saturated carbocycles.